The van der Waals surface area contributed by atoms with Crippen molar-refractivity contribution >= 4 is 29.2 Å². The Morgan fingerprint density at radius 1 is 1.33 bits per heavy atom. The third-order valence-electron chi connectivity index (χ3n) is 2.44. The lowest BCUT2D eigenvalue weighted by molar-refractivity contribution is -0.150. The van der Waals surface area contributed by atoms with Gasteiger partial charge in [0.25, 0.3) is 0 Å². The summed E-state index contributed by atoms with van der Waals surface area (Å²) >= 11 is 11.7. The predicted octanol–water partition coefficient (Wildman–Crippen LogP) is 3.81. The van der Waals surface area contributed by atoms with Gasteiger partial charge >= 0.3 is 5.97 Å². The van der Waals surface area contributed by atoms with Crippen LogP contribution in [0.5, 0.6) is 0 Å². The molecule has 1 unspecified atom stereocenters. The van der Waals surface area contributed by atoms with E-state index in [-0.39, 0.29) is 6.42 Å². The number of rotatable bonds is 7. The van der Waals surface area contributed by atoms with Gasteiger partial charge in [0, 0.05) is 23.1 Å². The third kappa shape index (κ3) is 5.25. The lowest BCUT2D eigenvalue weighted by Crippen LogP contribution is -2.26. The van der Waals surface area contributed by atoms with E-state index >= 15 is 0 Å². The molecular formula is C13H16Cl2O3. The van der Waals surface area contributed by atoms with E-state index in [0.29, 0.717) is 16.7 Å². The van der Waals surface area contributed by atoms with Crippen molar-refractivity contribution in [3.63, 3.8) is 0 Å². The number of hydrogen-bond donors (Lipinski definition) is 1. The second kappa shape index (κ2) is 7.62. The van der Waals surface area contributed by atoms with Gasteiger partial charge in [0.1, 0.15) is 0 Å². The van der Waals surface area contributed by atoms with Gasteiger partial charge in [0.15, 0.2) is 6.10 Å². The van der Waals surface area contributed by atoms with E-state index in [1.165, 1.54) is 0 Å². The zero-order chi connectivity index (χ0) is 13.5. The number of carboxylic acid groups (broad SMARTS) is 1. The summed E-state index contributed by atoms with van der Waals surface area (Å²) in [7, 11) is 0. The van der Waals surface area contributed by atoms with E-state index in [1.54, 1.807) is 18.2 Å². The van der Waals surface area contributed by atoms with Gasteiger partial charge in [-0.1, -0.05) is 36.5 Å². The molecule has 1 aromatic carbocycles. The van der Waals surface area contributed by atoms with Crippen LogP contribution in [0.1, 0.15) is 25.3 Å². The molecule has 0 saturated carbocycles. The summed E-state index contributed by atoms with van der Waals surface area (Å²) in [5, 5.41) is 10.1. The van der Waals surface area contributed by atoms with Crippen LogP contribution in [-0.2, 0) is 16.0 Å². The number of ether oxygens (including phenoxy) is 1. The number of hydrogen-bond acceptors (Lipinski definition) is 2. The summed E-state index contributed by atoms with van der Waals surface area (Å²) in [6.45, 7) is 2.47. The average Bonchev–Trinajstić information content (AvgIpc) is 2.26. The molecule has 1 N–H and O–H groups in total. The fraction of sp³-hybridized carbons (Fsp3) is 0.462. The fourth-order valence-electron chi connectivity index (χ4n) is 1.53. The molecule has 18 heavy (non-hydrogen) atoms. The summed E-state index contributed by atoms with van der Waals surface area (Å²) in [4.78, 5) is 11.1. The predicted molar refractivity (Wildman–Crippen MR) is 72.4 cm³/mol. The van der Waals surface area contributed by atoms with E-state index in [0.717, 1.165) is 18.4 Å². The zero-order valence-electron chi connectivity index (χ0n) is 10.2. The van der Waals surface area contributed by atoms with Crippen molar-refractivity contribution in [2.75, 3.05) is 6.61 Å². The first-order valence-electron chi connectivity index (χ1n) is 5.82. The van der Waals surface area contributed by atoms with E-state index in [1.807, 2.05) is 6.92 Å². The summed E-state index contributed by atoms with van der Waals surface area (Å²) in [5.74, 6) is -0.970. The maximum absolute atomic E-state index is 11.1. The smallest absolute Gasteiger partial charge is 0.333 e. The molecule has 0 aromatic heterocycles. The SMILES string of the molecule is CCCCOC(Cc1cc(Cl)cc(Cl)c1)C(=O)O. The molecule has 3 nitrogen and oxygen atoms in total. The van der Waals surface area contributed by atoms with Crippen LogP contribution in [0.4, 0.5) is 0 Å². The van der Waals surface area contributed by atoms with E-state index in [2.05, 4.69) is 0 Å². The van der Waals surface area contributed by atoms with Crippen LogP contribution in [0.15, 0.2) is 18.2 Å². The Labute approximate surface area is 117 Å². The highest BCUT2D eigenvalue weighted by Crippen LogP contribution is 2.20. The first kappa shape index (κ1) is 15.3. The Balaban J connectivity index is 2.67. The lowest BCUT2D eigenvalue weighted by atomic mass is 10.1. The van der Waals surface area contributed by atoms with Gasteiger partial charge in [0.2, 0.25) is 0 Å². The quantitative estimate of drug-likeness (QED) is 0.777. The molecule has 0 amide bonds. The average molecular weight is 291 g/mol. The molecule has 0 fully saturated rings. The molecule has 0 aliphatic carbocycles. The van der Waals surface area contributed by atoms with Crippen molar-refractivity contribution in [2.45, 2.75) is 32.3 Å². The van der Waals surface area contributed by atoms with Gasteiger partial charge in [0.05, 0.1) is 0 Å². The molecule has 0 spiro atoms. The van der Waals surface area contributed by atoms with Gasteiger partial charge < -0.3 is 9.84 Å². The van der Waals surface area contributed by atoms with Crippen LogP contribution < -0.4 is 0 Å². The molecule has 0 aliphatic heterocycles. The van der Waals surface area contributed by atoms with Gasteiger partial charge in [-0.05, 0) is 30.2 Å². The van der Waals surface area contributed by atoms with Gasteiger partial charge in [-0.3, -0.25) is 0 Å². The maximum atomic E-state index is 11.1. The minimum Gasteiger partial charge on any atom is -0.479 e. The number of halogens is 2. The maximum Gasteiger partial charge on any atom is 0.333 e. The molecule has 0 saturated heterocycles. The fourth-order valence-corrected chi connectivity index (χ4v) is 2.10. The molecule has 5 heteroatoms. The van der Waals surface area contributed by atoms with Crippen LogP contribution in [0.3, 0.4) is 0 Å². The van der Waals surface area contributed by atoms with E-state index in [9.17, 15) is 4.79 Å². The number of aliphatic carboxylic acids is 1. The Bertz CT molecular complexity index is 387. The first-order valence-corrected chi connectivity index (χ1v) is 6.58. The molecule has 1 rings (SSSR count). The van der Waals surface area contributed by atoms with E-state index < -0.39 is 12.1 Å². The number of benzene rings is 1. The van der Waals surface area contributed by atoms with Crippen LogP contribution in [-0.4, -0.2) is 23.8 Å². The molecule has 0 radical (unpaired) electrons. The van der Waals surface area contributed by atoms with Crippen LogP contribution >= 0.6 is 23.2 Å². The molecular weight excluding hydrogens is 275 g/mol. The zero-order valence-corrected chi connectivity index (χ0v) is 11.7. The summed E-state index contributed by atoms with van der Waals surface area (Å²) in [6, 6.07) is 5.01. The van der Waals surface area contributed by atoms with Crippen LogP contribution in [0, 0.1) is 0 Å². The van der Waals surface area contributed by atoms with Crippen molar-refractivity contribution in [2.24, 2.45) is 0 Å². The highest BCUT2D eigenvalue weighted by molar-refractivity contribution is 6.34. The molecule has 0 heterocycles. The summed E-state index contributed by atoms with van der Waals surface area (Å²) in [6.07, 6.45) is 1.22. The number of carboxylic acids is 1. The molecule has 1 atom stereocenters. The monoisotopic (exact) mass is 290 g/mol. The third-order valence-corrected chi connectivity index (χ3v) is 2.87. The van der Waals surface area contributed by atoms with Crippen molar-refractivity contribution in [3.8, 4) is 0 Å². The second-order valence-corrected chi connectivity index (χ2v) is 4.91. The topological polar surface area (TPSA) is 46.5 Å². The van der Waals surface area contributed by atoms with Gasteiger partial charge in [-0.15, -0.1) is 0 Å². The summed E-state index contributed by atoms with van der Waals surface area (Å²) < 4.78 is 5.34. The minimum absolute atomic E-state index is 0.263. The number of unbranched alkanes of at least 4 members (excludes halogenated alkanes) is 1. The molecule has 1 aromatic rings. The van der Waals surface area contributed by atoms with Crippen LogP contribution in [0.2, 0.25) is 10.0 Å². The largest absolute Gasteiger partial charge is 0.479 e. The van der Waals surface area contributed by atoms with Gasteiger partial charge in [-0.25, -0.2) is 4.79 Å². The Hall–Kier alpha value is -0.770. The Morgan fingerprint density at radius 3 is 2.44 bits per heavy atom. The summed E-state index contributed by atoms with van der Waals surface area (Å²) in [5.41, 5.74) is 0.761. The lowest BCUT2D eigenvalue weighted by Gasteiger charge is -2.14. The van der Waals surface area contributed by atoms with Crippen molar-refractivity contribution < 1.29 is 14.6 Å². The minimum atomic E-state index is -0.970. The molecule has 0 aliphatic rings. The van der Waals surface area contributed by atoms with Crippen molar-refractivity contribution in [3.05, 3.63) is 33.8 Å². The highest BCUT2D eigenvalue weighted by Gasteiger charge is 2.18. The normalized spacial score (nSPS) is 12.4. The standard InChI is InChI=1S/C13H16Cl2O3/c1-2-3-4-18-12(13(16)17)7-9-5-10(14)8-11(15)6-9/h5-6,8,12H,2-4,7H2,1H3,(H,16,17). The highest BCUT2D eigenvalue weighted by atomic mass is 35.5. The van der Waals surface area contributed by atoms with E-state index in [4.69, 9.17) is 33.0 Å². The van der Waals surface area contributed by atoms with Crippen LogP contribution in [0.25, 0.3) is 0 Å². The number of carbonyl (C=O) groups is 1. The molecule has 100 valence electrons. The first-order chi connectivity index (χ1) is 8.52. The Kier molecular flexibility index (Phi) is 6.47. The van der Waals surface area contributed by atoms with Crippen molar-refractivity contribution in [1.82, 2.24) is 0 Å². The van der Waals surface area contributed by atoms with Crippen molar-refractivity contribution in [1.29, 1.82) is 0 Å². The Morgan fingerprint density at radius 2 is 1.94 bits per heavy atom. The molecule has 0 bridgehead atoms. The van der Waals surface area contributed by atoms with Gasteiger partial charge in [-0.2, -0.15) is 0 Å². The second-order valence-electron chi connectivity index (χ2n) is 4.03.